The van der Waals surface area contributed by atoms with Crippen LogP contribution >= 0.6 is 23.1 Å². The van der Waals surface area contributed by atoms with E-state index >= 15 is 0 Å². The summed E-state index contributed by atoms with van der Waals surface area (Å²) in [5.41, 5.74) is 1.83. The number of thioether (sulfide) groups is 1. The van der Waals surface area contributed by atoms with Gasteiger partial charge in [0.25, 0.3) is 0 Å². The summed E-state index contributed by atoms with van der Waals surface area (Å²) in [6, 6.07) is 13.8. The van der Waals surface area contributed by atoms with Gasteiger partial charge in [0.05, 0.1) is 21.3 Å². The molecule has 150 valence electrons. The quantitative estimate of drug-likeness (QED) is 0.433. The molecule has 1 aromatic carbocycles. The molecule has 1 unspecified atom stereocenters. The number of carbonyl (C=O) groups excluding carboxylic acids is 1. The maximum absolute atomic E-state index is 12.6. The van der Waals surface area contributed by atoms with Crippen LogP contribution in [0.25, 0.3) is 15.9 Å². The first-order chi connectivity index (χ1) is 14.2. The van der Waals surface area contributed by atoms with Crippen molar-refractivity contribution in [3.8, 4) is 0 Å². The van der Waals surface area contributed by atoms with Crippen LogP contribution in [-0.4, -0.2) is 37.5 Å². The van der Waals surface area contributed by atoms with Gasteiger partial charge in [0.1, 0.15) is 0 Å². The first-order valence-electron chi connectivity index (χ1n) is 9.67. The molecule has 0 aliphatic carbocycles. The van der Waals surface area contributed by atoms with Crippen LogP contribution in [0.2, 0.25) is 0 Å². The highest BCUT2D eigenvalue weighted by molar-refractivity contribution is 7.98. The molecular weight excluding hydrogens is 402 g/mol. The summed E-state index contributed by atoms with van der Waals surface area (Å²) in [7, 11) is 0. The van der Waals surface area contributed by atoms with Crippen molar-refractivity contribution in [3.05, 3.63) is 59.5 Å². The Morgan fingerprint density at radius 3 is 2.93 bits per heavy atom. The van der Waals surface area contributed by atoms with Crippen molar-refractivity contribution in [2.45, 2.75) is 31.7 Å². The van der Waals surface area contributed by atoms with Gasteiger partial charge in [0, 0.05) is 12.6 Å². The van der Waals surface area contributed by atoms with Gasteiger partial charge in [-0.05, 0) is 55.5 Å². The molecule has 4 rings (SSSR count). The molecule has 0 aliphatic heterocycles. The van der Waals surface area contributed by atoms with Crippen LogP contribution < -0.4 is 5.32 Å². The monoisotopic (exact) mass is 425 g/mol. The molecule has 1 amide bonds. The number of nitrogens with zero attached hydrogens (tertiary/aromatic N) is 4. The van der Waals surface area contributed by atoms with E-state index in [1.54, 1.807) is 23.1 Å². The average Bonchev–Trinajstić information content (AvgIpc) is 3.35. The minimum Gasteiger partial charge on any atom is -0.346 e. The average molecular weight is 426 g/mol. The Morgan fingerprint density at radius 2 is 2.07 bits per heavy atom. The van der Waals surface area contributed by atoms with E-state index in [0.29, 0.717) is 6.42 Å². The number of nitrogens with one attached hydrogen (secondary N) is 1. The van der Waals surface area contributed by atoms with E-state index in [1.807, 2.05) is 47.0 Å². The largest absolute Gasteiger partial charge is 0.346 e. The van der Waals surface area contributed by atoms with Gasteiger partial charge in [0.2, 0.25) is 5.91 Å². The highest BCUT2D eigenvalue weighted by atomic mass is 32.2. The van der Waals surface area contributed by atoms with Crippen LogP contribution in [0.15, 0.2) is 48.7 Å². The number of thiazole rings is 1. The fraction of sp³-hybridized carbons (Fsp3) is 0.333. The molecule has 0 saturated carbocycles. The number of aromatic nitrogens is 4. The third-order valence-corrected chi connectivity index (χ3v) is 6.47. The van der Waals surface area contributed by atoms with E-state index in [1.165, 1.54) is 4.70 Å². The van der Waals surface area contributed by atoms with E-state index in [-0.39, 0.29) is 11.9 Å². The van der Waals surface area contributed by atoms with Crippen LogP contribution in [0.4, 0.5) is 0 Å². The number of hydrogen-bond acceptors (Lipinski definition) is 6. The van der Waals surface area contributed by atoms with Crippen molar-refractivity contribution < 1.29 is 4.79 Å². The number of amides is 1. The Bertz CT molecular complexity index is 1070. The molecule has 1 atom stereocenters. The van der Waals surface area contributed by atoms with Crippen molar-refractivity contribution in [2.24, 2.45) is 0 Å². The number of rotatable bonds is 9. The highest BCUT2D eigenvalue weighted by Crippen LogP contribution is 2.23. The summed E-state index contributed by atoms with van der Waals surface area (Å²) in [6.45, 7) is 0. The van der Waals surface area contributed by atoms with E-state index in [9.17, 15) is 4.79 Å². The second kappa shape index (κ2) is 9.37. The molecule has 0 bridgehead atoms. The third-order valence-electron chi connectivity index (χ3n) is 4.73. The van der Waals surface area contributed by atoms with E-state index < -0.39 is 0 Å². The van der Waals surface area contributed by atoms with Crippen LogP contribution in [-0.2, 0) is 11.2 Å². The predicted molar refractivity (Wildman–Crippen MR) is 119 cm³/mol. The summed E-state index contributed by atoms with van der Waals surface area (Å²) in [6.07, 6.45) is 6.90. The molecule has 3 heterocycles. The summed E-state index contributed by atoms with van der Waals surface area (Å²) in [5.74, 6) is 1.78. The Morgan fingerprint density at radius 1 is 1.21 bits per heavy atom. The SMILES string of the molecule is CSCCC(NC(=O)CCCc1nc2ccccc2s1)c1nnc2ccccn12. The number of benzene rings is 1. The lowest BCUT2D eigenvalue weighted by molar-refractivity contribution is -0.122. The van der Waals surface area contributed by atoms with E-state index in [0.717, 1.165) is 47.0 Å². The summed E-state index contributed by atoms with van der Waals surface area (Å²) in [5, 5.41) is 12.8. The normalized spacial score (nSPS) is 12.4. The molecule has 8 heteroatoms. The van der Waals surface area contributed by atoms with Crippen LogP contribution in [0.5, 0.6) is 0 Å². The second-order valence-corrected chi connectivity index (χ2v) is 8.92. The number of para-hydroxylation sites is 1. The molecule has 0 spiro atoms. The number of aryl methyl sites for hydroxylation is 1. The van der Waals surface area contributed by atoms with Crippen LogP contribution in [0, 0.1) is 0 Å². The molecule has 29 heavy (non-hydrogen) atoms. The maximum atomic E-state index is 12.6. The molecule has 1 N–H and O–H groups in total. The molecular formula is C21H23N5OS2. The molecule has 0 radical (unpaired) electrons. The van der Waals surface area contributed by atoms with Gasteiger partial charge in [0.15, 0.2) is 11.5 Å². The Balaban J connectivity index is 1.37. The van der Waals surface area contributed by atoms with Gasteiger partial charge in [-0.15, -0.1) is 21.5 Å². The Labute approximate surface area is 177 Å². The minimum atomic E-state index is -0.144. The molecule has 0 fully saturated rings. The van der Waals surface area contributed by atoms with Gasteiger partial charge >= 0.3 is 0 Å². The first kappa shape index (κ1) is 19.8. The lowest BCUT2D eigenvalue weighted by atomic mass is 10.1. The van der Waals surface area contributed by atoms with Gasteiger partial charge in [-0.25, -0.2) is 4.98 Å². The zero-order valence-electron chi connectivity index (χ0n) is 16.2. The van der Waals surface area contributed by atoms with Gasteiger partial charge < -0.3 is 5.32 Å². The van der Waals surface area contributed by atoms with Crippen molar-refractivity contribution >= 4 is 44.9 Å². The third kappa shape index (κ3) is 4.76. The fourth-order valence-corrected chi connectivity index (χ4v) is 4.77. The minimum absolute atomic E-state index is 0.0462. The maximum Gasteiger partial charge on any atom is 0.220 e. The van der Waals surface area contributed by atoms with Crippen LogP contribution in [0.3, 0.4) is 0 Å². The van der Waals surface area contributed by atoms with Crippen molar-refractivity contribution in [1.29, 1.82) is 0 Å². The predicted octanol–water partition coefficient (Wildman–Crippen LogP) is 4.27. The summed E-state index contributed by atoms with van der Waals surface area (Å²) >= 11 is 3.47. The molecule has 0 aliphatic rings. The summed E-state index contributed by atoms with van der Waals surface area (Å²) in [4.78, 5) is 17.3. The fourth-order valence-electron chi connectivity index (χ4n) is 3.29. The molecule has 3 aromatic heterocycles. The molecule has 0 saturated heterocycles. The van der Waals surface area contributed by atoms with Crippen molar-refractivity contribution in [3.63, 3.8) is 0 Å². The number of pyridine rings is 1. The number of fused-ring (bicyclic) bond motifs is 2. The molecule has 6 nitrogen and oxygen atoms in total. The lowest BCUT2D eigenvalue weighted by Gasteiger charge is -2.17. The summed E-state index contributed by atoms with van der Waals surface area (Å²) < 4.78 is 3.15. The topological polar surface area (TPSA) is 72.2 Å². The molecule has 4 aromatic rings. The standard InChI is InChI=1S/C21H23N5OS2/c1-28-14-12-16(21-25-24-18-9-4-5-13-26(18)21)22-19(27)10-6-11-20-23-15-7-2-3-8-17(15)29-20/h2-5,7-9,13,16H,6,10-12,14H2,1H3,(H,22,27). The van der Waals surface area contributed by atoms with Gasteiger partial charge in [-0.3, -0.25) is 9.20 Å². The van der Waals surface area contributed by atoms with Gasteiger partial charge in [-0.1, -0.05) is 18.2 Å². The smallest absolute Gasteiger partial charge is 0.220 e. The zero-order chi connectivity index (χ0) is 20.1. The zero-order valence-corrected chi connectivity index (χ0v) is 17.9. The first-order valence-corrected chi connectivity index (χ1v) is 11.9. The second-order valence-electron chi connectivity index (χ2n) is 6.82. The van der Waals surface area contributed by atoms with Crippen LogP contribution in [0.1, 0.15) is 36.1 Å². The highest BCUT2D eigenvalue weighted by Gasteiger charge is 2.20. The Hall–Kier alpha value is -2.45. The number of hydrogen-bond donors (Lipinski definition) is 1. The number of carbonyl (C=O) groups is 1. The van der Waals surface area contributed by atoms with Crippen molar-refractivity contribution in [1.82, 2.24) is 24.9 Å². The van der Waals surface area contributed by atoms with E-state index in [2.05, 4.69) is 32.8 Å². The van der Waals surface area contributed by atoms with Gasteiger partial charge in [-0.2, -0.15) is 11.8 Å². The lowest BCUT2D eigenvalue weighted by Crippen LogP contribution is -2.30. The Kier molecular flexibility index (Phi) is 6.41. The van der Waals surface area contributed by atoms with E-state index in [4.69, 9.17) is 0 Å². The van der Waals surface area contributed by atoms with Crippen molar-refractivity contribution in [2.75, 3.05) is 12.0 Å².